The zero-order valence-corrected chi connectivity index (χ0v) is 17.6. The van der Waals surface area contributed by atoms with Crippen molar-refractivity contribution in [2.45, 2.75) is 25.4 Å². The van der Waals surface area contributed by atoms with E-state index in [0.717, 1.165) is 38.4 Å². The number of hydrogen-bond acceptors (Lipinski definition) is 4. The minimum Gasteiger partial charge on any atom is -0.355 e. The van der Waals surface area contributed by atoms with Crippen LogP contribution in [-0.2, 0) is 12.6 Å². The van der Waals surface area contributed by atoms with Crippen molar-refractivity contribution in [2.24, 2.45) is 5.92 Å². The number of amides is 1. The van der Waals surface area contributed by atoms with Gasteiger partial charge in [0.15, 0.2) is 11.5 Å². The van der Waals surface area contributed by atoms with Gasteiger partial charge in [0, 0.05) is 18.8 Å². The van der Waals surface area contributed by atoms with E-state index in [9.17, 15) is 22.4 Å². The molecular formula is C24H22F4N4O. The molecule has 0 atom stereocenters. The average Bonchev–Trinajstić information content (AvgIpc) is 2.81. The lowest BCUT2D eigenvalue weighted by Gasteiger charge is -2.32. The Labute approximate surface area is 188 Å². The first-order chi connectivity index (χ1) is 15.8. The molecule has 1 aliphatic rings. The number of carbonyl (C=O) groups is 1. The van der Waals surface area contributed by atoms with Gasteiger partial charge in [-0.3, -0.25) is 4.79 Å². The highest BCUT2D eigenvalue weighted by atomic mass is 19.4. The van der Waals surface area contributed by atoms with E-state index in [1.54, 1.807) is 6.07 Å². The number of carbonyl (C=O) groups excluding carboxylic acids is 1. The van der Waals surface area contributed by atoms with Crippen molar-refractivity contribution >= 4 is 17.4 Å². The molecule has 0 saturated carbocycles. The monoisotopic (exact) mass is 458 g/mol. The topological polar surface area (TPSA) is 58.1 Å². The molecule has 2 heterocycles. The molecule has 1 aromatic heterocycles. The van der Waals surface area contributed by atoms with Gasteiger partial charge in [0.2, 0.25) is 0 Å². The van der Waals surface area contributed by atoms with E-state index < -0.39 is 23.5 Å². The predicted octanol–water partition coefficient (Wildman–Crippen LogP) is 5.35. The summed E-state index contributed by atoms with van der Waals surface area (Å²) < 4.78 is 52.0. The van der Waals surface area contributed by atoms with Crippen molar-refractivity contribution in [3.63, 3.8) is 0 Å². The molecule has 1 amide bonds. The fourth-order valence-corrected chi connectivity index (χ4v) is 3.94. The number of piperidine rings is 1. The molecule has 5 nitrogen and oxygen atoms in total. The molecule has 172 valence electrons. The third-order valence-corrected chi connectivity index (χ3v) is 5.72. The van der Waals surface area contributed by atoms with Crippen LogP contribution in [0.15, 0.2) is 60.7 Å². The van der Waals surface area contributed by atoms with Gasteiger partial charge in [-0.1, -0.05) is 30.3 Å². The largest absolute Gasteiger partial charge is 0.419 e. The van der Waals surface area contributed by atoms with E-state index in [1.165, 1.54) is 11.6 Å². The smallest absolute Gasteiger partial charge is 0.355 e. The first-order valence-corrected chi connectivity index (χ1v) is 10.6. The molecule has 1 aliphatic heterocycles. The van der Waals surface area contributed by atoms with Crippen LogP contribution < -0.4 is 10.2 Å². The molecule has 0 aliphatic carbocycles. The molecule has 1 saturated heterocycles. The van der Waals surface area contributed by atoms with Crippen molar-refractivity contribution in [3.05, 3.63) is 83.3 Å². The van der Waals surface area contributed by atoms with E-state index >= 15 is 0 Å². The normalized spacial score (nSPS) is 14.8. The van der Waals surface area contributed by atoms with E-state index in [1.807, 2.05) is 18.2 Å². The number of benzene rings is 2. The standard InChI is InChI=1S/C24H22F4N4O/c25-20-7-6-18(15-19(20)24(26,27)28)29-23(33)21-8-9-22(31-30-21)32-12-10-17(11-13-32)14-16-4-2-1-3-5-16/h1-9,15,17H,10-14H2,(H,29,33). The summed E-state index contributed by atoms with van der Waals surface area (Å²) in [6.07, 6.45) is -1.78. The number of rotatable bonds is 5. The second kappa shape index (κ2) is 9.56. The molecule has 0 radical (unpaired) electrons. The van der Waals surface area contributed by atoms with E-state index in [0.29, 0.717) is 23.9 Å². The maximum Gasteiger partial charge on any atom is 0.419 e. The van der Waals surface area contributed by atoms with Gasteiger partial charge in [0.25, 0.3) is 5.91 Å². The van der Waals surface area contributed by atoms with Crippen LogP contribution in [0.25, 0.3) is 0 Å². The minimum atomic E-state index is -4.86. The molecule has 1 N–H and O–H groups in total. The van der Waals surface area contributed by atoms with Crippen molar-refractivity contribution in [2.75, 3.05) is 23.3 Å². The van der Waals surface area contributed by atoms with Gasteiger partial charge < -0.3 is 10.2 Å². The van der Waals surface area contributed by atoms with Crippen LogP contribution in [0.1, 0.15) is 34.5 Å². The number of anilines is 2. The molecular weight excluding hydrogens is 436 g/mol. The van der Waals surface area contributed by atoms with E-state index in [-0.39, 0.29) is 11.4 Å². The van der Waals surface area contributed by atoms with Crippen LogP contribution in [0.4, 0.5) is 29.1 Å². The lowest BCUT2D eigenvalue weighted by atomic mass is 9.90. The Morgan fingerprint density at radius 2 is 1.73 bits per heavy atom. The van der Waals surface area contributed by atoms with Crippen LogP contribution >= 0.6 is 0 Å². The summed E-state index contributed by atoms with van der Waals surface area (Å²) in [5.74, 6) is -0.891. The second-order valence-corrected chi connectivity index (χ2v) is 8.04. The molecule has 2 aromatic carbocycles. The van der Waals surface area contributed by atoms with Crippen molar-refractivity contribution in [1.29, 1.82) is 0 Å². The molecule has 33 heavy (non-hydrogen) atoms. The number of aromatic nitrogens is 2. The maximum absolute atomic E-state index is 13.4. The minimum absolute atomic E-state index is 0.0457. The van der Waals surface area contributed by atoms with Gasteiger partial charge in [0.05, 0.1) is 5.56 Å². The lowest BCUT2D eigenvalue weighted by Crippen LogP contribution is -2.35. The summed E-state index contributed by atoms with van der Waals surface area (Å²) in [4.78, 5) is 14.5. The number of hydrogen-bond donors (Lipinski definition) is 1. The molecule has 0 bridgehead atoms. The number of nitrogens with one attached hydrogen (secondary N) is 1. The number of halogens is 4. The summed E-state index contributed by atoms with van der Waals surface area (Å²) in [6, 6.07) is 15.8. The molecule has 0 unspecified atom stereocenters. The van der Waals surface area contributed by atoms with Gasteiger partial charge in [-0.2, -0.15) is 13.2 Å². The van der Waals surface area contributed by atoms with Crippen molar-refractivity contribution < 1.29 is 22.4 Å². The summed E-state index contributed by atoms with van der Waals surface area (Å²) in [7, 11) is 0. The summed E-state index contributed by atoms with van der Waals surface area (Å²) in [5, 5.41) is 10.3. The van der Waals surface area contributed by atoms with Crippen LogP contribution in [0.3, 0.4) is 0 Å². The SMILES string of the molecule is O=C(Nc1ccc(F)c(C(F)(F)F)c1)c1ccc(N2CCC(Cc3ccccc3)CC2)nn1. The number of nitrogens with zero attached hydrogens (tertiary/aromatic N) is 3. The Bertz CT molecular complexity index is 1100. The van der Waals surface area contributed by atoms with E-state index in [2.05, 4.69) is 32.5 Å². The highest BCUT2D eigenvalue weighted by Gasteiger charge is 2.34. The Balaban J connectivity index is 1.34. The molecule has 0 spiro atoms. The molecule has 9 heteroatoms. The highest BCUT2D eigenvalue weighted by Crippen LogP contribution is 2.33. The second-order valence-electron chi connectivity index (χ2n) is 8.04. The summed E-state index contributed by atoms with van der Waals surface area (Å²) in [6.45, 7) is 1.65. The molecule has 4 rings (SSSR count). The third kappa shape index (κ3) is 5.66. The summed E-state index contributed by atoms with van der Waals surface area (Å²) >= 11 is 0. The Morgan fingerprint density at radius 3 is 2.36 bits per heavy atom. The van der Waals surface area contributed by atoms with Gasteiger partial charge >= 0.3 is 6.18 Å². The zero-order chi connectivity index (χ0) is 23.4. The fraction of sp³-hybridized carbons (Fsp3) is 0.292. The van der Waals surface area contributed by atoms with Crippen LogP contribution in [0.5, 0.6) is 0 Å². The van der Waals surface area contributed by atoms with Crippen molar-refractivity contribution in [1.82, 2.24) is 10.2 Å². The Kier molecular flexibility index (Phi) is 6.57. The quantitative estimate of drug-likeness (QED) is 0.524. The number of alkyl halides is 3. The first-order valence-electron chi connectivity index (χ1n) is 10.6. The van der Waals surface area contributed by atoms with Gasteiger partial charge in [-0.25, -0.2) is 4.39 Å². The highest BCUT2D eigenvalue weighted by molar-refractivity contribution is 6.02. The van der Waals surface area contributed by atoms with Crippen LogP contribution in [-0.4, -0.2) is 29.2 Å². The summed E-state index contributed by atoms with van der Waals surface area (Å²) in [5.41, 5.74) is -0.345. The lowest BCUT2D eigenvalue weighted by molar-refractivity contribution is -0.139. The Morgan fingerprint density at radius 1 is 1.00 bits per heavy atom. The van der Waals surface area contributed by atoms with Crippen molar-refractivity contribution in [3.8, 4) is 0 Å². The first kappa shape index (κ1) is 22.7. The van der Waals surface area contributed by atoms with Crippen LogP contribution in [0, 0.1) is 11.7 Å². The predicted molar refractivity (Wildman–Crippen MR) is 116 cm³/mol. The molecule has 1 fully saturated rings. The third-order valence-electron chi connectivity index (χ3n) is 5.72. The van der Waals surface area contributed by atoms with Gasteiger partial charge in [0.1, 0.15) is 5.82 Å². The van der Waals surface area contributed by atoms with Crippen LogP contribution in [0.2, 0.25) is 0 Å². The van der Waals surface area contributed by atoms with E-state index in [4.69, 9.17) is 0 Å². The Hall–Kier alpha value is -3.49. The average molecular weight is 458 g/mol. The fourth-order valence-electron chi connectivity index (χ4n) is 3.94. The molecule has 3 aromatic rings. The maximum atomic E-state index is 13.4. The van der Waals surface area contributed by atoms with Gasteiger partial charge in [-0.05, 0) is 61.1 Å². The zero-order valence-electron chi connectivity index (χ0n) is 17.6. The van der Waals surface area contributed by atoms with Gasteiger partial charge in [-0.15, -0.1) is 10.2 Å².